The standard InChI is InChI=1S/C20H16N4O3/c1-27-12-8-6-11(7-9-12)13-10-16(25)22-18-17(13)19(26)23-20-21-14-4-2-3-5-15(14)24(18)20/h2-9,13H,10H2,1H3,(H,22,25)(H,21,23,26)/t13-/m1/s1. The zero-order chi connectivity index (χ0) is 18.5. The Hall–Kier alpha value is -3.61. The van der Waals surface area contributed by atoms with E-state index >= 15 is 0 Å². The molecule has 0 saturated heterocycles. The number of carbonyl (C=O) groups excluding carboxylic acids is 1. The van der Waals surface area contributed by atoms with Gasteiger partial charge in [-0.05, 0) is 29.8 Å². The lowest BCUT2D eigenvalue weighted by molar-refractivity contribution is -0.116. The highest BCUT2D eigenvalue weighted by molar-refractivity contribution is 5.96. The Morgan fingerprint density at radius 1 is 1.11 bits per heavy atom. The highest BCUT2D eigenvalue weighted by Gasteiger charge is 2.32. The molecule has 2 aromatic heterocycles. The lowest BCUT2D eigenvalue weighted by Crippen LogP contribution is -2.32. The van der Waals surface area contributed by atoms with E-state index in [9.17, 15) is 9.59 Å². The fourth-order valence-corrected chi connectivity index (χ4v) is 3.77. The van der Waals surface area contributed by atoms with Crippen LogP contribution in [0.4, 0.5) is 5.82 Å². The monoisotopic (exact) mass is 360 g/mol. The Labute approximate surface area is 153 Å². The van der Waals surface area contributed by atoms with Crippen LogP contribution in [0.3, 0.4) is 0 Å². The maximum atomic E-state index is 12.9. The number of nitrogens with one attached hydrogen (secondary N) is 2. The highest BCUT2D eigenvalue weighted by Crippen LogP contribution is 2.36. The number of aromatic amines is 1. The minimum absolute atomic E-state index is 0.131. The molecule has 1 aliphatic rings. The predicted octanol–water partition coefficient (Wildman–Crippen LogP) is 2.66. The number of anilines is 1. The van der Waals surface area contributed by atoms with Gasteiger partial charge in [-0.1, -0.05) is 24.3 Å². The van der Waals surface area contributed by atoms with Gasteiger partial charge in [0.05, 0.1) is 23.7 Å². The molecule has 5 rings (SSSR count). The van der Waals surface area contributed by atoms with Crippen LogP contribution in [0.5, 0.6) is 5.75 Å². The Morgan fingerprint density at radius 2 is 1.89 bits per heavy atom. The second-order valence-corrected chi connectivity index (χ2v) is 6.55. The van der Waals surface area contributed by atoms with Crippen LogP contribution in [0.2, 0.25) is 0 Å². The van der Waals surface area contributed by atoms with Crippen molar-refractivity contribution in [2.75, 3.05) is 12.4 Å². The summed E-state index contributed by atoms with van der Waals surface area (Å²) in [5.74, 6) is 1.15. The molecule has 2 N–H and O–H groups in total. The minimum atomic E-state index is -0.339. The van der Waals surface area contributed by atoms with Crippen LogP contribution in [0.15, 0.2) is 53.3 Å². The lowest BCUT2D eigenvalue weighted by Gasteiger charge is -2.25. The van der Waals surface area contributed by atoms with E-state index in [0.29, 0.717) is 17.2 Å². The van der Waals surface area contributed by atoms with Crippen LogP contribution in [0.1, 0.15) is 23.5 Å². The topological polar surface area (TPSA) is 88.5 Å². The number of imidazole rings is 1. The molecule has 0 saturated carbocycles. The second kappa shape index (κ2) is 5.70. The van der Waals surface area contributed by atoms with Crippen molar-refractivity contribution in [3.63, 3.8) is 0 Å². The van der Waals surface area contributed by atoms with Crippen LogP contribution in [-0.2, 0) is 4.79 Å². The summed E-state index contributed by atoms with van der Waals surface area (Å²) in [6.45, 7) is 0. The number of rotatable bonds is 2. The highest BCUT2D eigenvalue weighted by atomic mass is 16.5. The summed E-state index contributed by atoms with van der Waals surface area (Å²) in [7, 11) is 1.60. The molecule has 4 aromatic rings. The van der Waals surface area contributed by atoms with Gasteiger partial charge in [0, 0.05) is 12.3 Å². The van der Waals surface area contributed by atoms with Gasteiger partial charge >= 0.3 is 0 Å². The van der Waals surface area contributed by atoms with Crippen molar-refractivity contribution < 1.29 is 9.53 Å². The number of carbonyl (C=O) groups is 1. The molecule has 7 heteroatoms. The molecule has 0 unspecified atom stereocenters. The zero-order valence-electron chi connectivity index (χ0n) is 14.5. The zero-order valence-corrected chi connectivity index (χ0v) is 14.5. The number of para-hydroxylation sites is 2. The van der Waals surface area contributed by atoms with Gasteiger partial charge in [0.15, 0.2) is 0 Å². The van der Waals surface area contributed by atoms with E-state index < -0.39 is 0 Å². The van der Waals surface area contributed by atoms with Crippen molar-refractivity contribution in [1.29, 1.82) is 0 Å². The van der Waals surface area contributed by atoms with Gasteiger partial charge in [-0.2, -0.15) is 0 Å². The first-order valence-electron chi connectivity index (χ1n) is 8.63. The quantitative estimate of drug-likeness (QED) is 0.575. The largest absolute Gasteiger partial charge is 0.497 e. The molecule has 0 aliphatic carbocycles. The smallest absolute Gasteiger partial charge is 0.258 e. The SMILES string of the molecule is COc1ccc([C@H]2CC(=O)Nc3c2c(=O)[nH]c2nc4ccccc4n32)cc1. The van der Waals surface area contributed by atoms with Gasteiger partial charge in [0.2, 0.25) is 11.7 Å². The van der Waals surface area contributed by atoms with E-state index in [1.54, 1.807) is 11.5 Å². The number of methoxy groups -OCH3 is 1. The molecule has 1 atom stereocenters. The van der Waals surface area contributed by atoms with Crippen molar-refractivity contribution >= 4 is 28.5 Å². The fourth-order valence-electron chi connectivity index (χ4n) is 3.77. The maximum absolute atomic E-state index is 12.9. The summed E-state index contributed by atoms with van der Waals surface area (Å²) in [5.41, 5.74) is 2.77. The first kappa shape index (κ1) is 15.6. The van der Waals surface area contributed by atoms with Crippen molar-refractivity contribution in [2.24, 2.45) is 0 Å². The van der Waals surface area contributed by atoms with Crippen LogP contribution in [-0.4, -0.2) is 27.4 Å². The maximum Gasteiger partial charge on any atom is 0.258 e. The number of fused-ring (bicyclic) bond motifs is 5. The van der Waals surface area contributed by atoms with Gasteiger partial charge in [-0.3, -0.25) is 19.0 Å². The van der Waals surface area contributed by atoms with Gasteiger partial charge in [0.25, 0.3) is 5.56 Å². The Morgan fingerprint density at radius 3 is 2.67 bits per heavy atom. The number of nitrogens with zero attached hydrogens (tertiary/aromatic N) is 2. The van der Waals surface area contributed by atoms with E-state index in [-0.39, 0.29) is 23.8 Å². The Kier molecular flexibility index (Phi) is 3.30. The molecule has 0 spiro atoms. The number of hydrogen-bond donors (Lipinski definition) is 2. The van der Waals surface area contributed by atoms with Crippen molar-refractivity contribution in [3.8, 4) is 5.75 Å². The fraction of sp³-hybridized carbons (Fsp3) is 0.150. The first-order chi connectivity index (χ1) is 13.2. The second-order valence-electron chi connectivity index (χ2n) is 6.55. The molecule has 2 aromatic carbocycles. The summed E-state index contributed by atoms with van der Waals surface area (Å²) >= 11 is 0. The Balaban J connectivity index is 1.80. The summed E-state index contributed by atoms with van der Waals surface area (Å²) in [6, 6.07) is 15.0. The Bertz CT molecular complexity index is 1250. The third-order valence-corrected chi connectivity index (χ3v) is 5.02. The summed E-state index contributed by atoms with van der Waals surface area (Å²) < 4.78 is 7.01. The molecular formula is C20H16N4O3. The lowest BCUT2D eigenvalue weighted by atomic mass is 9.87. The van der Waals surface area contributed by atoms with Crippen molar-refractivity contribution in [1.82, 2.24) is 14.4 Å². The number of H-pyrrole nitrogens is 1. The molecule has 27 heavy (non-hydrogen) atoms. The van der Waals surface area contributed by atoms with E-state index in [0.717, 1.165) is 22.3 Å². The summed E-state index contributed by atoms with van der Waals surface area (Å²) in [4.78, 5) is 32.7. The molecule has 0 bridgehead atoms. The number of ether oxygens (including phenoxy) is 1. The third kappa shape index (κ3) is 2.32. The third-order valence-electron chi connectivity index (χ3n) is 5.02. The molecule has 7 nitrogen and oxygen atoms in total. The number of benzene rings is 2. The summed E-state index contributed by atoms with van der Waals surface area (Å²) in [5, 5.41) is 2.88. The van der Waals surface area contributed by atoms with Gasteiger partial charge in [-0.25, -0.2) is 4.98 Å². The number of hydrogen-bond acceptors (Lipinski definition) is 4. The normalized spacial score (nSPS) is 16.3. The molecule has 0 fully saturated rings. The molecular weight excluding hydrogens is 344 g/mol. The molecule has 134 valence electrons. The number of amides is 1. The molecule has 0 radical (unpaired) electrons. The predicted molar refractivity (Wildman–Crippen MR) is 101 cm³/mol. The van der Waals surface area contributed by atoms with E-state index in [4.69, 9.17) is 4.74 Å². The first-order valence-corrected chi connectivity index (χ1v) is 8.63. The minimum Gasteiger partial charge on any atom is -0.497 e. The average Bonchev–Trinajstić information content (AvgIpc) is 3.05. The molecule has 3 heterocycles. The van der Waals surface area contributed by atoms with E-state index in [1.165, 1.54) is 0 Å². The van der Waals surface area contributed by atoms with Crippen LogP contribution >= 0.6 is 0 Å². The van der Waals surface area contributed by atoms with E-state index in [1.807, 2.05) is 48.5 Å². The van der Waals surface area contributed by atoms with Gasteiger partial charge in [-0.15, -0.1) is 0 Å². The van der Waals surface area contributed by atoms with Crippen LogP contribution in [0, 0.1) is 0 Å². The molecule has 1 aliphatic heterocycles. The van der Waals surface area contributed by atoms with Gasteiger partial charge in [0.1, 0.15) is 11.6 Å². The van der Waals surface area contributed by atoms with Crippen LogP contribution in [0.25, 0.3) is 16.8 Å². The van der Waals surface area contributed by atoms with Gasteiger partial charge < -0.3 is 10.1 Å². The van der Waals surface area contributed by atoms with E-state index in [2.05, 4.69) is 15.3 Å². The average molecular weight is 360 g/mol. The van der Waals surface area contributed by atoms with Crippen molar-refractivity contribution in [3.05, 3.63) is 70.0 Å². The molecule has 1 amide bonds. The van der Waals surface area contributed by atoms with Crippen molar-refractivity contribution in [2.45, 2.75) is 12.3 Å². The van der Waals surface area contributed by atoms with Crippen LogP contribution < -0.4 is 15.6 Å². The summed E-state index contributed by atoms with van der Waals surface area (Å²) in [6.07, 6.45) is 0.209. The number of aromatic nitrogens is 3.